The summed E-state index contributed by atoms with van der Waals surface area (Å²) in [5.41, 5.74) is 5.17. The highest BCUT2D eigenvalue weighted by atomic mass is 127. The second-order valence-electron chi connectivity index (χ2n) is 1.34. The van der Waals surface area contributed by atoms with E-state index in [0.717, 1.165) is 3.58 Å². The lowest BCUT2D eigenvalue weighted by atomic mass is 10.8. The van der Waals surface area contributed by atoms with Gasteiger partial charge >= 0.3 is 0 Å². The van der Waals surface area contributed by atoms with Crippen LogP contribution in [-0.4, -0.2) is 0 Å². The Morgan fingerprint density at radius 3 is 2.25 bits per heavy atom. The molecule has 2 nitrogen and oxygen atoms in total. The molecule has 0 amide bonds. The fraction of sp³-hybridized carbons (Fsp3) is 0.200. The van der Waals surface area contributed by atoms with Crippen LogP contribution in [0.25, 0.3) is 0 Å². The average molecular weight is 224 g/mol. The van der Waals surface area contributed by atoms with Gasteiger partial charge in [-0.25, -0.2) is 3.15 Å². The molecule has 0 rings (SSSR count). The van der Waals surface area contributed by atoms with Crippen LogP contribution < -0.4 is 5.73 Å². The average Bonchev–Trinajstić information content (AvgIpc) is 1.61. The molecule has 0 spiro atoms. The van der Waals surface area contributed by atoms with Crippen LogP contribution >= 0.6 is 21.0 Å². The molecule has 0 radical (unpaired) electrons. The van der Waals surface area contributed by atoms with Gasteiger partial charge < -0.3 is 5.73 Å². The van der Waals surface area contributed by atoms with E-state index < -0.39 is 0 Å². The fourth-order valence-electron chi connectivity index (χ4n) is 0.126. The smallest absolute Gasteiger partial charge is 0.121 e. The highest BCUT2D eigenvalue weighted by molar-refractivity contribution is 14.2. The van der Waals surface area contributed by atoms with Crippen molar-refractivity contribution in [2.24, 2.45) is 8.88 Å². The van der Waals surface area contributed by atoms with Gasteiger partial charge in [-0.1, -0.05) is 13.2 Å². The third kappa shape index (κ3) is 5.81. The van der Waals surface area contributed by atoms with Crippen molar-refractivity contribution < 1.29 is 0 Å². The third-order valence-electron chi connectivity index (χ3n) is 0.295. The minimum Gasteiger partial charge on any atom is -0.384 e. The van der Waals surface area contributed by atoms with E-state index in [-0.39, 0.29) is 21.0 Å². The van der Waals surface area contributed by atoms with Crippen LogP contribution in [0, 0.1) is 0 Å². The van der Waals surface area contributed by atoms with E-state index in [1.807, 2.05) is 6.92 Å². The molecule has 0 aliphatic carbocycles. The lowest BCUT2D eigenvalue weighted by Gasteiger charge is -1.83. The molecule has 0 saturated heterocycles. The second kappa shape index (κ2) is 3.77. The number of halogens is 1. The molecule has 46 valence electrons. The van der Waals surface area contributed by atoms with Crippen molar-refractivity contribution in [2.75, 3.05) is 0 Å². The first-order valence-corrected chi connectivity index (χ1v) is 4.12. The zero-order chi connectivity index (χ0) is 6.57. The SMILES string of the molecule is C=C(N)N=IC(=C)C. The predicted molar refractivity (Wildman–Crippen MR) is 44.6 cm³/mol. The van der Waals surface area contributed by atoms with E-state index in [2.05, 4.69) is 16.3 Å². The first-order valence-electron chi connectivity index (χ1n) is 2.08. The molecule has 0 aromatic carbocycles. The van der Waals surface area contributed by atoms with Gasteiger partial charge in [0, 0.05) is 21.0 Å². The number of nitrogens with zero attached hydrogens (tertiary/aromatic N) is 1. The lowest BCUT2D eigenvalue weighted by Crippen LogP contribution is -1.85. The normalized spacial score (nSPS) is 10.6. The van der Waals surface area contributed by atoms with E-state index in [0.29, 0.717) is 5.82 Å². The molecule has 0 unspecified atom stereocenters. The highest BCUT2D eigenvalue weighted by Gasteiger charge is 1.75. The summed E-state index contributed by atoms with van der Waals surface area (Å²) in [4.78, 5) is 0. The number of hydrogen-bond donors (Lipinski definition) is 1. The van der Waals surface area contributed by atoms with Crippen molar-refractivity contribution in [2.45, 2.75) is 6.92 Å². The van der Waals surface area contributed by atoms with Gasteiger partial charge in [0.05, 0.1) is 0 Å². The van der Waals surface area contributed by atoms with Crippen molar-refractivity contribution in [1.82, 2.24) is 0 Å². The molecule has 8 heavy (non-hydrogen) atoms. The van der Waals surface area contributed by atoms with Crippen LogP contribution in [0.4, 0.5) is 0 Å². The van der Waals surface area contributed by atoms with E-state index in [1.54, 1.807) is 0 Å². The predicted octanol–water partition coefficient (Wildman–Crippen LogP) is 2.10. The van der Waals surface area contributed by atoms with Crippen molar-refractivity contribution in [1.29, 1.82) is 0 Å². The van der Waals surface area contributed by atoms with E-state index in [1.165, 1.54) is 0 Å². The summed E-state index contributed by atoms with van der Waals surface area (Å²) in [6, 6.07) is 0. The van der Waals surface area contributed by atoms with Gasteiger partial charge in [0.15, 0.2) is 0 Å². The summed E-state index contributed by atoms with van der Waals surface area (Å²) < 4.78 is 5.02. The largest absolute Gasteiger partial charge is 0.384 e. The number of nitrogens with two attached hydrogens (primary N) is 1. The molecule has 0 aromatic heterocycles. The van der Waals surface area contributed by atoms with Crippen LogP contribution in [0.15, 0.2) is 25.7 Å². The van der Waals surface area contributed by atoms with Crippen molar-refractivity contribution >= 4 is 21.0 Å². The number of rotatable bonds is 2. The van der Waals surface area contributed by atoms with E-state index in [9.17, 15) is 0 Å². The van der Waals surface area contributed by atoms with Crippen LogP contribution in [-0.2, 0) is 0 Å². The molecule has 0 heterocycles. The Hall–Kier alpha value is -0.190. The molecule has 0 atom stereocenters. The monoisotopic (exact) mass is 224 g/mol. The van der Waals surface area contributed by atoms with Gasteiger partial charge in [-0.3, -0.25) is 0 Å². The Balaban J connectivity index is 3.67. The molecule has 0 aromatic rings. The maximum Gasteiger partial charge on any atom is 0.121 e. The summed E-state index contributed by atoms with van der Waals surface area (Å²) in [7, 11) is 0. The summed E-state index contributed by atoms with van der Waals surface area (Å²) in [5, 5.41) is 0. The quantitative estimate of drug-likeness (QED) is 0.716. The summed E-state index contributed by atoms with van der Waals surface area (Å²) in [6.45, 7) is 9.05. The van der Waals surface area contributed by atoms with Gasteiger partial charge in [-0.05, 0) is 10.5 Å². The molecule has 0 aliphatic rings. The van der Waals surface area contributed by atoms with Crippen molar-refractivity contribution in [3.63, 3.8) is 0 Å². The molecule has 0 aliphatic heterocycles. The Morgan fingerprint density at radius 2 is 2.12 bits per heavy atom. The van der Waals surface area contributed by atoms with E-state index >= 15 is 0 Å². The summed E-state index contributed by atoms with van der Waals surface area (Å²) >= 11 is -0.269. The number of allylic oxidation sites excluding steroid dienone is 1. The van der Waals surface area contributed by atoms with Gasteiger partial charge in [-0.15, -0.1) is 0 Å². The topological polar surface area (TPSA) is 38.4 Å². The zero-order valence-electron chi connectivity index (χ0n) is 4.82. The highest BCUT2D eigenvalue weighted by Crippen LogP contribution is 2.13. The minimum absolute atomic E-state index is 0.269. The Morgan fingerprint density at radius 1 is 1.62 bits per heavy atom. The minimum atomic E-state index is -0.269. The molecular formula is C5H9IN2. The lowest BCUT2D eigenvalue weighted by molar-refractivity contribution is 1.31. The first kappa shape index (κ1) is 7.81. The summed E-state index contributed by atoms with van der Waals surface area (Å²) in [5.74, 6) is 0.417. The van der Waals surface area contributed by atoms with E-state index in [4.69, 9.17) is 5.73 Å². The number of hydrogen-bond acceptors (Lipinski definition) is 2. The van der Waals surface area contributed by atoms with Crippen molar-refractivity contribution in [3.8, 4) is 0 Å². The van der Waals surface area contributed by atoms with Crippen LogP contribution in [0.1, 0.15) is 6.92 Å². The first-order chi connectivity index (χ1) is 3.63. The maximum atomic E-state index is 5.17. The molecule has 0 fully saturated rings. The molecular weight excluding hydrogens is 215 g/mol. The Labute approximate surface area is 59.6 Å². The van der Waals surface area contributed by atoms with Crippen LogP contribution in [0.2, 0.25) is 0 Å². The van der Waals surface area contributed by atoms with Crippen LogP contribution in [0.5, 0.6) is 0 Å². The van der Waals surface area contributed by atoms with Gasteiger partial charge in [0.2, 0.25) is 0 Å². The van der Waals surface area contributed by atoms with Gasteiger partial charge in [0.1, 0.15) is 5.82 Å². The molecule has 0 saturated carbocycles. The maximum absolute atomic E-state index is 5.17. The molecule has 0 bridgehead atoms. The second-order valence-corrected chi connectivity index (χ2v) is 4.14. The molecule has 3 heteroatoms. The van der Waals surface area contributed by atoms with Crippen molar-refractivity contribution in [3.05, 3.63) is 22.6 Å². The standard InChI is InChI=1S/C5H9IN2/c1-4(2)6-8-5(3)7/h1,3,7H2,2H3. The zero-order valence-corrected chi connectivity index (χ0v) is 6.97. The third-order valence-corrected chi connectivity index (χ3v) is 1.98. The summed E-state index contributed by atoms with van der Waals surface area (Å²) in [6.07, 6.45) is 0. The Bertz CT molecular complexity index is 121. The molecule has 2 N–H and O–H groups in total. The van der Waals surface area contributed by atoms with Crippen LogP contribution in [0.3, 0.4) is 0 Å². The Kier molecular flexibility index (Phi) is 3.68. The van der Waals surface area contributed by atoms with Gasteiger partial charge in [0.25, 0.3) is 0 Å². The fourth-order valence-corrected chi connectivity index (χ4v) is 0.848. The van der Waals surface area contributed by atoms with Gasteiger partial charge in [-0.2, -0.15) is 0 Å².